The van der Waals surface area contributed by atoms with Crippen molar-refractivity contribution < 1.29 is 26.8 Å². The maximum absolute atomic E-state index is 13.2. The van der Waals surface area contributed by atoms with Gasteiger partial charge >= 0.3 is 0 Å². The average molecular weight is 425 g/mol. The van der Waals surface area contributed by atoms with Crippen molar-refractivity contribution in [1.82, 2.24) is 14.5 Å². The van der Waals surface area contributed by atoms with Gasteiger partial charge in [-0.05, 0) is 36.8 Å². The van der Waals surface area contributed by atoms with E-state index in [9.17, 15) is 22.4 Å². The molecule has 2 aromatic rings. The average Bonchev–Trinajstić information content (AvgIpc) is 3.17. The molecule has 1 aromatic carbocycles. The zero-order chi connectivity index (χ0) is 21.6. The lowest BCUT2D eigenvalue weighted by Crippen LogP contribution is -2.50. The first-order chi connectivity index (χ1) is 13.6. The van der Waals surface area contributed by atoms with Gasteiger partial charge in [0.15, 0.2) is 0 Å². The predicted molar refractivity (Wildman–Crippen MR) is 104 cm³/mol. The Morgan fingerprint density at radius 3 is 2.41 bits per heavy atom. The number of halogens is 1. The molecule has 0 aliphatic heterocycles. The van der Waals surface area contributed by atoms with Crippen LogP contribution in [0, 0.1) is 5.82 Å². The summed E-state index contributed by atoms with van der Waals surface area (Å²) in [6.45, 7) is 1.29. The fraction of sp³-hybridized carbons (Fsp3) is 0.368. The van der Waals surface area contributed by atoms with Crippen LogP contribution < -0.4 is 5.32 Å². The first-order valence-electron chi connectivity index (χ1n) is 8.83. The maximum atomic E-state index is 13.2. The zero-order valence-electron chi connectivity index (χ0n) is 16.5. The fourth-order valence-electron chi connectivity index (χ4n) is 2.50. The number of amides is 2. The SMILES string of the molecule is C[C@@H](C(=O)NCc1ccco1)N(Cc1ccc(F)cc1)C(=O)CN(C)S(C)(=O)=O. The lowest BCUT2D eigenvalue weighted by Gasteiger charge is -2.30. The summed E-state index contributed by atoms with van der Waals surface area (Å²) < 4.78 is 42.5. The minimum atomic E-state index is -3.57. The molecule has 1 atom stereocenters. The first kappa shape index (κ1) is 22.6. The lowest BCUT2D eigenvalue weighted by atomic mass is 10.1. The van der Waals surface area contributed by atoms with Gasteiger partial charge in [-0.2, -0.15) is 4.31 Å². The van der Waals surface area contributed by atoms with Gasteiger partial charge in [0.2, 0.25) is 21.8 Å². The third-order valence-electron chi connectivity index (χ3n) is 4.37. The van der Waals surface area contributed by atoms with Crippen molar-refractivity contribution in [1.29, 1.82) is 0 Å². The van der Waals surface area contributed by atoms with Gasteiger partial charge in [-0.3, -0.25) is 9.59 Å². The maximum Gasteiger partial charge on any atom is 0.242 e. The molecule has 0 saturated heterocycles. The monoisotopic (exact) mass is 425 g/mol. The normalized spacial score (nSPS) is 12.6. The van der Waals surface area contributed by atoms with E-state index in [1.807, 2.05) is 0 Å². The Morgan fingerprint density at radius 1 is 1.21 bits per heavy atom. The van der Waals surface area contributed by atoms with E-state index >= 15 is 0 Å². The molecule has 0 fully saturated rings. The number of nitrogens with one attached hydrogen (secondary N) is 1. The molecule has 2 amide bonds. The summed E-state index contributed by atoms with van der Waals surface area (Å²) >= 11 is 0. The molecule has 0 aliphatic carbocycles. The molecule has 2 rings (SSSR count). The van der Waals surface area contributed by atoms with Crippen LogP contribution in [0.25, 0.3) is 0 Å². The molecule has 10 heteroatoms. The van der Waals surface area contributed by atoms with Crippen LogP contribution in [0.3, 0.4) is 0 Å². The number of sulfonamides is 1. The Hall–Kier alpha value is -2.72. The van der Waals surface area contributed by atoms with Gasteiger partial charge < -0.3 is 14.6 Å². The summed E-state index contributed by atoms with van der Waals surface area (Å²) in [5.41, 5.74) is 0.604. The Morgan fingerprint density at radius 2 is 1.86 bits per heavy atom. The molecule has 0 radical (unpaired) electrons. The highest BCUT2D eigenvalue weighted by molar-refractivity contribution is 7.88. The second kappa shape index (κ2) is 9.66. The van der Waals surface area contributed by atoms with Gasteiger partial charge in [0, 0.05) is 13.6 Å². The van der Waals surface area contributed by atoms with Crippen molar-refractivity contribution >= 4 is 21.8 Å². The van der Waals surface area contributed by atoms with E-state index in [0.717, 1.165) is 10.6 Å². The highest BCUT2D eigenvalue weighted by Crippen LogP contribution is 2.12. The van der Waals surface area contributed by atoms with Crippen molar-refractivity contribution in [3.05, 3.63) is 59.8 Å². The Balaban J connectivity index is 2.16. The van der Waals surface area contributed by atoms with Crippen molar-refractivity contribution in [3.8, 4) is 0 Å². The number of hydrogen-bond donors (Lipinski definition) is 1. The second-order valence-corrected chi connectivity index (χ2v) is 8.73. The van der Waals surface area contributed by atoms with Crippen LogP contribution in [0.5, 0.6) is 0 Å². The van der Waals surface area contributed by atoms with Gasteiger partial charge in [0.05, 0.1) is 25.6 Å². The Labute approximate surface area is 169 Å². The first-order valence-corrected chi connectivity index (χ1v) is 10.7. The molecule has 158 valence electrons. The zero-order valence-corrected chi connectivity index (χ0v) is 17.3. The molecule has 8 nitrogen and oxygen atoms in total. The highest BCUT2D eigenvalue weighted by Gasteiger charge is 2.28. The van der Waals surface area contributed by atoms with Crippen molar-refractivity contribution in [3.63, 3.8) is 0 Å². The van der Waals surface area contributed by atoms with Crippen LogP contribution in [-0.2, 0) is 32.7 Å². The Kier molecular flexibility index (Phi) is 7.52. The number of furan rings is 1. The van der Waals surface area contributed by atoms with Gasteiger partial charge in [0.1, 0.15) is 17.6 Å². The number of carbonyl (C=O) groups excluding carboxylic acids is 2. The van der Waals surface area contributed by atoms with Crippen LogP contribution in [0.2, 0.25) is 0 Å². The van der Waals surface area contributed by atoms with E-state index in [2.05, 4.69) is 5.32 Å². The summed E-state index contributed by atoms with van der Waals surface area (Å²) in [6, 6.07) is 8.01. The summed E-state index contributed by atoms with van der Waals surface area (Å²) in [5, 5.41) is 2.68. The van der Waals surface area contributed by atoms with E-state index < -0.39 is 40.2 Å². The number of nitrogens with zero attached hydrogens (tertiary/aromatic N) is 2. The molecule has 0 unspecified atom stereocenters. The minimum Gasteiger partial charge on any atom is -0.467 e. The second-order valence-electron chi connectivity index (χ2n) is 6.64. The lowest BCUT2D eigenvalue weighted by molar-refractivity contribution is -0.140. The number of benzene rings is 1. The Bertz CT molecular complexity index is 929. The van der Waals surface area contributed by atoms with Crippen LogP contribution >= 0.6 is 0 Å². The predicted octanol–water partition coefficient (Wildman–Crippen LogP) is 1.34. The number of hydrogen-bond acceptors (Lipinski definition) is 5. The minimum absolute atomic E-state index is 0.0199. The molecule has 1 N–H and O–H groups in total. The van der Waals surface area contributed by atoms with Crippen LogP contribution in [-0.4, -0.2) is 55.3 Å². The molecular formula is C19H24FN3O5S. The van der Waals surface area contributed by atoms with Crippen molar-refractivity contribution in [2.45, 2.75) is 26.1 Å². The van der Waals surface area contributed by atoms with E-state index in [1.54, 1.807) is 19.1 Å². The summed E-state index contributed by atoms with van der Waals surface area (Å²) in [4.78, 5) is 26.6. The smallest absolute Gasteiger partial charge is 0.242 e. The fourth-order valence-corrected chi connectivity index (χ4v) is 2.85. The van der Waals surface area contributed by atoms with Crippen LogP contribution in [0.4, 0.5) is 4.39 Å². The third-order valence-corrected chi connectivity index (χ3v) is 5.64. The highest BCUT2D eigenvalue weighted by atomic mass is 32.2. The third kappa shape index (κ3) is 6.68. The molecule has 0 saturated carbocycles. The van der Waals surface area contributed by atoms with Crippen molar-refractivity contribution in [2.24, 2.45) is 0 Å². The molecule has 0 bridgehead atoms. The summed E-state index contributed by atoms with van der Waals surface area (Å²) in [5.74, 6) is -0.854. The molecule has 29 heavy (non-hydrogen) atoms. The topological polar surface area (TPSA) is 99.9 Å². The van der Waals surface area contributed by atoms with Crippen LogP contribution in [0.1, 0.15) is 18.2 Å². The van der Waals surface area contributed by atoms with Crippen LogP contribution in [0.15, 0.2) is 47.1 Å². The molecular weight excluding hydrogens is 401 g/mol. The van der Waals surface area contributed by atoms with E-state index in [1.165, 1.54) is 42.5 Å². The van der Waals surface area contributed by atoms with Crippen molar-refractivity contribution in [2.75, 3.05) is 19.8 Å². The molecule has 0 aliphatic rings. The summed E-state index contributed by atoms with van der Waals surface area (Å²) in [6.07, 6.45) is 2.47. The van der Waals surface area contributed by atoms with E-state index in [4.69, 9.17) is 4.42 Å². The van der Waals surface area contributed by atoms with E-state index in [-0.39, 0.29) is 13.1 Å². The standard InChI is InChI=1S/C19H24FN3O5S/c1-14(19(25)21-11-17-5-4-10-28-17)23(12-15-6-8-16(20)9-7-15)18(24)13-22(2)29(3,26)27/h4-10,14H,11-13H2,1-3H3,(H,21,25)/t14-/m0/s1. The molecule has 1 heterocycles. The number of rotatable bonds is 9. The quantitative estimate of drug-likeness (QED) is 0.654. The van der Waals surface area contributed by atoms with Gasteiger partial charge in [-0.15, -0.1) is 0 Å². The summed E-state index contributed by atoms with van der Waals surface area (Å²) in [7, 11) is -2.29. The van der Waals surface area contributed by atoms with Gasteiger partial charge in [0.25, 0.3) is 0 Å². The van der Waals surface area contributed by atoms with Gasteiger partial charge in [-0.1, -0.05) is 12.1 Å². The molecule has 1 aromatic heterocycles. The largest absolute Gasteiger partial charge is 0.467 e. The van der Waals surface area contributed by atoms with E-state index in [0.29, 0.717) is 11.3 Å². The van der Waals surface area contributed by atoms with Gasteiger partial charge in [-0.25, -0.2) is 12.8 Å². The number of carbonyl (C=O) groups is 2. The number of likely N-dealkylation sites (N-methyl/N-ethyl adjacent to an activating group) is 1. The molecule has 0 spiro atoms.